The molecule has 154 valence electrons. The fourth-order valence-electron chi connectivity index (χ4n) is 3.11. The topological polar surface area (TPSA) is 110 Å². The monoisotopic (exact) mass is 408 g/mol. The molecule has 0 aliphatic rings. The summed E-state index contributed by atoms with van der Waals surface area (Å²) in [5, 5.41) is 6.23. The molecule has 0 bridgehead atoms. The van der Waals surface area contributed by atoms with Gasteiger partial charge in [0.2, 0.25) is 5.89 Å². The SMILES string of the molecule is O=C(NCc1ncccc1F)c1noc(CCCCCc2nc3ccccc3[nH]2)n1. The van der Waals surface area contributed by atoms with Gasteiger partial charge >= 0.3 is 0 Å². The molecule has 9 heteroatoms. The molecule has 3 heterocycles. The number of carbonyl (C=O) groups is 1. The minimum absolute atomic E-state index is 0.0445. The van der Waals surface area contributed by atoms with E-state index in [4.69, 9.17) is 4.52 Å². The zero-order chi connectivity index (χ0) is 20.8. The Morgan fingerprint density at radius 3 is 2.80 bits per heavy atom. The average Bonchev–Trinajstić information content (AvgIpc) is 3.39. The number of H-pyrrole nitrogens is 1. The van der Waals surface area contributed by atoms with Crippen molar-refractivity contribution in [2.75, 3.05) is 0 Å². The highest BCUT2D eigenvalue weighted by Gasteiger charge is 2.15. The number of halogens is 1. The van der Waals surface area contributed by atoms with Crippen molar-refractivity contribution in [3.63, 3.8) is 0 Å². The fraction of sp³-hybridized carbons (Fsp3) is 0.286. The number of fused-ring (bicyclic) bond motifs is 1. The van der Waals surface area contributed by atoms with Crippen LogP contribution in [-0.4, -0.2) is 31.0 Å². The van der Waals surface area contributed by atoms with Crippen molar-refractivity contribution in [1.29, 1.82) is 0 Å². The number of aromatic amines is 1. The third kappa shape index (κ3) is 4.86. The molecular formula is C21H21FN6O2. The highest BCUT2D eigenvalue weighted by Crippen LogP contribution is 2.13. The van der Waals surface area contributed by atoms with E-state index in [1.165, 1.54) is 18.3 Å². The molecule has 1 aromatic carbocycles. The molecule has 3 aromatic heterocycles. The Morgan fingerprint density at radius 1 is 1.07 bits per heavy atom. The van der Waals surface area contributed by atoms with E-state index in [2.05, 4.69) is 30.4 Å². The number of hydrogen-bond donors (Lipinski definition) is 2. The maximum atomic E-state index is 13.5. The minimum atomic E-state index is -0.528. The van der Waals surface area contributed by atoms with Gasteiger partial charge in [0.25, 0.3) is 11.7 Å². The van der Waals surface area contributed by atoms with Gasteiger partial charge in [-0.05, 0) is 37.1 Å². The summed E-state index contributed by atoms with van der Waals surface area (Å²) in [6, 6.07) is 10.7. The molecule has 0 saturated carbocycles. The van der Waals surface area contributed by atoms with Crippen LogP contribution in [0.1, 0.15) is 47.3 Å². The molecular weight excluding hydrogens is 387 g/mol. The maximum Gasteiger partial charge on any atom is 0.293 e. The van der Waals surface area contributed by atoms with E-state index in [1.54, 1.807) is 0 Å². The van der Waals surface area contributed by atoms with Crippen LogP contribution in [0.4, 0.5) is 4.39 Å². The fourth-order valence-corrected chi connectivity index (χ4v) is 3.11. The third-order valence-electron chi connectivity index (χ3n) is 4.66. The zero-order valence-corrected chi connectivity index (χ0v) is 16.3. The molecule has 8 nitrogen and oxygen atoms in total. The number of benzene rings is 1. The van der Waals surface area contributed by atoms with Crippen LogP contribution in [0.15, 0.2) is 47.1 Å². The van der Waals surface area contributed by atoms with E-state index >= 15 is 0 Å². The van der Waals surface area contributed by atoms with E-state index in [-0.39, 0.29) is 18.1 Å². The molecule has 0 spiro atoms. The number of aryl methyl sites for hydroxylation is 2. The van der Waals surface area contributed by atoms with Gasteiger partial charge in [0, 0.05) is 19.0 Å². The summed E-state index contributed by atoms with van der Waals surface area (Å²) >= 11 is 0. The van der Waals surface area contributed by atoms with Crippen molar-refractivity contribution >= 4 is 16.9 Å². The first-order valence-corrected chi connectivity index (χ1v) is 9.83. The van der Waals surface area contributed by atoms with Crippen LogP contribution in [0, 0.1) is 5.82 Å². The number of aromatic nitrogens is 5. The normalized spacial score (nSPS) is 11.1. The quantitative estimate of drug-likeness (QED) is 0.411. The molecule has 4 aromatic rings. The van der Waals surface area contributed by atoms with Crippen molar-refractivity contribution < 1.29 is 13.7 Å². The Bertz CT molecular complexity index is 1110. The van der Waals surface area contributed by atoms with Crippen LogP contribution in [0.25, 0.3) is 11.0 Å². The van der Waals surface area contributed by atoms with Gasteiger partial charge in [0.1, 0.15) is 11.6 Å². The van der Waals surface area contributed by atoms with E-state index < -0.39 is 11.7 Å². The summed E-state index contributed by atoms with van der Waals surface area (Å²) in [6.07, 6.45) is 5.75. The third-order valence-corrected chi connectivity index (χ3v) is 4.66. The molecule has 0 aliphatic carbocycles. The van der Waals surface area contributed by atoms with Gasteiger partial charge in [0.05, 0.1) is 23.3 Å². The second-order valence-corrected chi connectivity index (χ2v) is 6.89. The number of imidazole rings is 1. The predicted molar refractivity (Wildman–Crippen MR) is 107 cm³/mol. The molecule has 0 fully saturated rings. The van der Waals surface area contributed by atoms with Crippen LogP contribution < -0.4 is 5.32 Å². The van der Waals surface area contributed by atoms with Crippen LogP contribution >= 0.6 is 0 Å². The zero-order valence-electron chi connectivity index (χ0n) is 16.3. The number of unbranched alkanes of at least 4 members (excludes halogenated alkanes) is 2. The summed E-state index contributed by atoms with van der Waals surface area (Å²) in [7, 11) is 0. The Hall–Kier alpha value is -3.62. The second kappa shape index (κ2) is 9.25. The summed E-state index contributed by atoms with van der Waals surface area (Å²) in [5.74, 6) is 0.322. The molecule has 0 unspecified atom stereocenters. The highest BCUT2D eigenvalue weighted by atomic mass is 19.1. The van der Waals surface area contributed by atoms with E-state index in [1.807, 2.05) is 24.3 Å². The predicted octanol–water partition coefficient (Wildman–Crippen LogP) is 3.37. The van der Waals surface area contributed by atoms with Gasteiger partial charge in [-0.25, -0.2) is 9.37 Å². The van der Waals surface area contributed by atoms with Crippen molar-refractivity contribution in [3.8, 4) is 0 Å². The summed E-state index contributed by atoms with van der Waals surface area (Å²) in [4.78, 5) is 28.0. The Kier molecular flexibility index (Phi) is 6.07. The lowest BCUT2D eigenvalue weighted by Crippen LogP contribution is -2.25. The Balaban J connectivity index is 1.19. The van der Waals surface area contributed by atoms with Crippen LogP contribution in [0.5, 0.6) is 0 Å². The first kappa shape index (κ1) is 19.7. The Labute approximate surface area is 171 Å². The second-order valence-electron chi connectivity index (χ2n) is 6.89. The van der Waals surface area contributed by atoms with Crippen molar-refractivity contribution in [2.45, 2.75) is 38.6 Å². The molecule has 0 aliphatic heterocycles. The first-order valence-electron chi connectivity index (χ1n) is 9.83. The van der Waals surface area contributed by atoms with E-state index in [0.717, 1.165) is 42.5 Å². The van der Waals surface area contributed by atoms with Gasteiger partial charge in [0.15, 0.2) is 0 Å². The van der Waals surface area contributed by atoms with Crippen molar-refractivity contribution in [1.82, 2.24) is 30.4 Å². The first-order chi connectivity index (χ1) is 14.7. The molecule has 30 heavy (non-hydrogen) atoms. The smallest absolute Gasteiger partial charge is 0.293 e. The van der Waals surface area contributed by atoms with Crippen LogP contribution in [0.3, 0.4) is 0 Å². The van der Waals surface area contributed by atoms with Gasteiger partial charge in [-0.1, -0.05) is 23.7 Å². The lowest BCUT2D eigenvalue weighted by molar-refractivity contribution is 0.0936. The van der Waals surface area contributed by atoms with Crippen LogP contribution in [0.2, 0.25) is 0 Å². The molecule has 0 saturated heterocycles. The van der Waals surface area contributed by atoms with Gasteiger partial charge in [-0.15, -0.1) is 0 Å². The number of para-hydroxylation sites is 2. The van der Waals surface area contributed by atoms with Crippen molar-refractivity contribution in [2.24, 2.45) is 0 Å². The minimum Gasteiger partial charge on any atom is -0.343 e. The van der Waals surface area contributed by atoms with Crippen LogP contribution in [-0.2, 0) is 19.4 Å². The number of nitrogens with one attached hydrogen (secondary N) is 2. The number of nitrogens with zero attached hydrogens (tertiary/aromatic N) is 4. The molecule has 0 atom stereocenters. The summed E-state index contributed by atoms with van der Waals surface area (Å²) in [6.45, 7) is -0.0445. The molecule has 2 N–H and O–H groups in total. The van der Waals surface area contributed by atoms with E-state index in [0.29, 0.717) is 12.3 Å². The molecule has 4 rings (SSSR count). The number of carbonyl (C=O) groups excluding carboxylic acids is 1. The Morgan fingerprint density at radius 2 is 1.93 bits per heavy atom. The number of hydrogen-bond acceptors (Lipinski definition) is 6. The standard InChI is InChI=1S/C21H21FN6O2/c22-14-7-6-12-23-17(14)13-24-21(29)20-27-19(30-28-20)11-3-1-2-10-18-25-15-8-4-5-9-16(15)26-18/h4-9,12H,1-3,10-11,13H2,(H,24,29)(H,25,26). The van der Waals surface area contributed by atoms with E-state index in [9.17, 15) is 9.18 Å². The van der Waals surface area contributed by atoms with Gasteiger partial charge in [-0.3, -0.25) is 9.78 Å². The summed E-state index contributed by atoms with van der Waals surface area (Å²) < 4.78 is 18.7. The molecule has 0 radical (unpaired) electrons. The highest BCUT2D eigenvalue weighted by molar-refractivity contribution is 5.90. The number of pyridine rings is 1. The lowest BCUT2D eigenvalue weighted by Gasteiger charge is -2.02. The summed E-state index contributed by atoms with van der Waals surface area (Å²) in [5.41, 5.74) is 2.18. The van der Waals surface area contributed by atoms with Gasteiger partial charge in [-0.2, -0.15) is 4.98 Å². The molecule has 1 amide bonds. The number of rotatable bonds is 9. The lowest BCUT2D eigenvalue weighted by atomic mass is 10.1. The maximum absolute atomic E-state index is 13.5. The van der Waals surface area contributed by atoms with Crippen molar-refractivity contribution in [3.05, 3.63) is 71.6 Å². The van der Waals surface area contributed by atoms with Gasteiger partial charge < -0.3 is 14.8 Å². The number of amides is 1. The largest absolute Gasteiger partial charge is 0.343 e. The average molecular weight is 408 g/mol.